The lowest BCUT2D eigenvalue weighted by Gasteiger charge is -2.35. The lowest BCUT2D eigenvalue weighted by molar-refractivity contribution is -0.140. The van der Waals surface area contributed by atoms with Gasteiger partial charge in [-0.25, -0.2) is 0 Å². The molecule has 0 N–H and O–H groups in total. The average molecular weight is 404 g/mol. The molecule has 0 radical (unpaired) electrons. The second kappa shape index (κ2) is 9.09. The van der Waals surface area contributed by atoms with E-state index in [4.69, 9.17) is 4.74 Å². The molecule has 1 aromatic heterocycles. The van der Waals surface area contributed by atoms with Gasteiger partial charge in [-0.2, -0.15) is 0 Å². The van der Waals surface area contributed by atoms with Crippen molar-refractivity contribution in [2.45, 2.75) is 19.0 Å². The molecule has 1 aromatic carbocycles. The van der Waals surface area contributed by atoms with Gasteiger partial charge in [0, 0.05) is 37.8 Å². The minimum atomic E-state index is -0.0119. The molecule has 2 amide bonds. The Bertz CT molecular complexity index is 813. The third kappa shape index (κ3) is 4.64. The molecule has 28 heavy (non-hydrogen) atoms. The maximum Gasteiger partial charge on any atom is 0.233 e. The molecule has 150 valence electrons. The number of amides is 2. The Kier molecular flexibility index (Phi) is 6.56. The summed E-state index contributed by atoms with van der Waals surface area (Å²) < 4.78 is 7.02. The first kappa shape index (κ1) is 20.2. The molecule has 0 aliphatic carbocycles. The Morgan fingerprint density at radius 1 is 1.11 bits per heavy atom. The van der Waals surface area contributed by atoms with E-state index in [9.17, 15) is 9.59 Å². The fourth-order valence-corrected chi connectivity index (χ4v) is 3.83. The van der Waals surface area contributed by atoms with Gasteiger partial charge in [0.2, 0.25) is 11.8 Å². The van der Waals surface area contributed by atoms with Gasteiger partial charge in [0.15, 0.2) is 5.16 Å². The zero-order chi connectivity index (χ0) is 20.1. The fourth-order valence-electron chi connectivity index (χ4n) is 3.00. The molecule has 0 unspecified atom stereocenters. The quantitative estimate of drug-likeness (QED) is 0.683. The van der Waals surface area contributed by atoms with Crippen molar-refractivity contribution in [1.29, 1.82) is 0 Å². The summed E-state index contributed by atoms with van der Waals surface area (Å²) in [7, 11) is 1.62. The second-order valence-electron chi connectivity index (χ2n) is 6.83. The van der Waals surface area contributed by atoms with Crippen molar-refractivity contribution >= 4 is 23.6 Å². The molecular formula is C19H25N5O3S. The van der Waals surface area contributed by atoms with E-state index in [1.807, 2.05) is 52.5 Å². The van der Waals surface area contributed by atoms with E-state index >= 15 is 0 Å². The number of hydrogen-bond acceptors (Lipinski definition) is 6. The van der Waals surface area contributed by atoms with Crippen LogP contribution in [0.4, 0.5) is 0 Å². The standard InChI is InChI=1S/C19H25N5O3S/c1-14(2)18(26)23-10-8-22(9-11-23)17(25)12-28-19-21-20-13-24(19)15-4-6-16(27-3)7-5-15/h4-7,13-14H,8-12H2,1-3H3. The number of ether oxygens (including phenoxy) is 1. The van der Waals surface area contributed by atoms with Crippen LogP contribution in [0.2, 0.25) is 0 Å². The summed E-state index contributed by atoms with van der Waals surface area (Å²) in [6.45, 7) is 6.13. The van der Waals surface area contributed by atoms with Gasteiger partial charge < -0.3 is 14.5 Å². The third-order valence-corrected chi connectivity index (χ3v) is 5.56. The van der Waals surface area contributed by atoms with Crippen LogP contribution in [0, 0.1) is 5.92 Å². The Balaban J connectivity index is 1.54. The first-order chi connectivity index (χ1) is 13.5. The van der Waals surface area contributed by atoms with Crippen LogP contribution in [0.5, 0.6) is 5.75 Å². The zero-order valence-electron chi connectivity index (χ0n) is 16.4. The Labute approximate surface area is 168 Å². The highest BCUT2D eigenvalue weighted by atomic mass is 32.2. The highest BCUT2D eigenvalue weighted by molar-refractivity contribution is 7.99. The molecule has 2 heterocycles. The molecule has 9 heteroatoms. The fraction of sp³-hybridized carbons (Fsp3) is 0.474. The molecule has 1 fully saturated rings. The van der Waals surface area contributed by atoms with E-state index in [0.29, 0.717) is 31.3 Å². The number of hydrogen-bond donors (Lipinski definition) is 0. The van der Waals surface area contributed by atoms with E-state index in [2.05, 4.69) is 10.2 Å². The molecule has 2 aromatic rings. The van der Waals surface area contributed by atoms with Crippen molar-refractivity contribution in [3.8, 4) is 11.4 Å². The van der Waals surface area contributed by atoms with E-state index in [1.54, 1.807) is 13.4 Å². The van der Waals surface area contributed by atoms with Crippen LogP contribution in [0.25, 0.3) is 5.69 Å². The Morgan fingerprint density at radius 3 is 2.36 bits per heavy atom. The number of rotatable bonds is 6. The van der Waals surface area contributed by atoms with Gasteiger partial charge in [-0.05, 0) is 24.3 Å². The van der Waals surface area contributed by atoms with Crippen molar-refractivity contribution in [3.05, 3.63) is 30.6 Å². The molecule has 1 aliphatic rings. The first-order valence-corrected chi connectivity index (χ1v) is 10.2. The summed E-state index contributed by atoms with van der Waals surface area (Å²) in [5, 5.41) is 8.76. The SMILES string of the molecule is COc1ccc(-n2cnnc2SCC(=O)N2CCN(C(=O)C(C)C)CC2)cc1. The summed E-state index contributed by atoms with van der Waals surface area (Å²) in [5.41, 5.74) is 0.904. The maximum absolute atomic E-state index is 12.6. The van der Waals surface area contributed by atoms with Gasteiger partial charge in [0.1, 0.15) is 12.1 Å². The molecule has 1 aliphatic heterocycles. The summed E-state index contributed by atoms with van der Waals surface area (Å²) in [6.07, 6.45) is 1.63. The average Bonchev–Trinajstić information content (AvgIpc) is 3.20. The normalized spacial score (nSPS) is 14.4. The highest BCUT2D eigenvalue weighted by Crippen LogP contribution is 2.22. The Hall–Kier alpha value is -2.55. The van der Waals surface area contributed by atoms with Gasteiger partial charge in [-0.3, -0.25) is 14.2 Å². The second-order valence-corrected chi connectivity index (χ2v) is 7.77. The molecule has 0 atom stereocenters. The third-order valence-electron chi connectivity index (χ3n) is 4.63. The van der Waals surface area contributed by atoms with Crippen LogP contribution >= 0.6 is 11.8 Å². The van der Waals surface area contributed by atoms with Crippen LogP contribution in [-0.2, 0) is 9.59 Å². The van der Waals surface area contributed by atoms with Gasteiger partial charge in [-0.15, -0.1) is 10.2 Å². The minimum absolute atomic E-state index is 0.0119. The maximum atomic E-state index is 12.6. The lowest BCUT2D eigenvalue weighted by atomic mass is 10.1. The zero-order valence-corrected chi connectivity index (χ0v) is 17.2. The van der Waals surface area contributed by atoms with Crippen molar-refractivity contribution in [3.63, 3.8) is 0 Å². The number of thioether (sulfide) groups is 1. The van der Waals surface area contributed by atoms with Crippen LogP contribution in [0.3, 0.4) is 0 Å². The first-order valence-electron chi connectivity index (χ1n) is 9.23. The van der Waals surface area contributed by atoms with Gasteiger partial charge >= 0.3 is 0 Å². The smallest absolute Gasteiger partial charge is 0.233 e. The molecular weight excluding hydrogens is 378 g/mol. The number of carbonyl (C=O) groups is 2. The van der Waals surface area contributed by atoms with Crippen molar-refractivity contribution in [2.24, 2.45) is 5.92 Å². The number of carbonyl (C=O) groups excluding carboxylic acids is 2. The van der Waals surface area contributed by atoms with Crippen molar-refractivity contribution < 1.29 is 14.3 Å². The number of nitrogens with zero attached hydrogens (tertiary/aromatic N) is 5. The molecule has 0 spiro atoms. The summed E-state index contributed by atoms with van der Waals surface area (Å²) in [4.78, 5) is 28.3. The summed E-state index contributed by atoms with van der Waals surface area (Å²) in [5.74, 6) is 1.24. The van der Waals surface area contributed by atoms with Gasteiger partial charge in [0.25, 0.3) is 0 Å². The minimum Gasteiger partial charge on any atom is -0.497 e. The van der Waals surface area contributed by atoms with E-state index in [0.717, 1.165) is 11.4 Å². The summed E-state index contributed by atoms with van der Waals surface area (Å²) in [6, 6.07) is 7.57. The Morgan fingerprint density at radius 2 is 1.75 bits per heavy atom. The molecule has 0 bridgehead atoms. The highest BCUT2D eigenvalue weighted by Gasteiger charge is 2.25. The lowest BCUT2D eigenvalue weighted by Crippen LogP contribution is -2.51. The topological polar surface area (TPSA) is 80.6 Å². The van der Waals surface area contributed by atoms with Crippen LogP contribution in [0.1, 0.15) is 13.8 Å². The molecule has 8 nitrogen and oxygen atoms in total. The molecule has 3 rings (SSSR count). The number of benzene rings is 1. The van der Waals surface area contributed by atoms with Crippen LogP contribution in [0.15, 0.2) is 35.7 Å². The van der Waals surface area contributed by atoms with Crippen molar-refractivity contribution in [2.75, 3.05) is 39.0 Å². The number of aromatic nitrogens is 3. The largest absolute Gasteiger partial charge is 0.497 e. The van der Waals surface area contributed by atoms with Crippen molar-refractivity contribution in [1.82, 2.24) is 24.6 Å². The molecule has 1 saturated heterocycles. The molecule has 0 saturated carbocycles. The predicted molar refractivity (Wildman–Crippen MR) is 107 cm³/mol. The van der Waals surface area contributed by atoms with E-state index < -0.39 is 0 Å². The van der Waals surface area contributed by atoms with Gasteiger partial charge in [-0.1, -0.05) is 25.6 Å². The summed E-state index contributed by atoms with van der Waals surface area (Å²) >= 11 is 1.36. The number of piperazine rings is 1. The van der Waals surface area contributed by atoms with Crippen LogP contribution in [-0.4, -0.2) is 75.4 Å². The van der Waals surface area contributed by atoms with E-state index in [1.165, 1.54) is 11.8 Å². The predicted octanol–water partition coefficient (Wildman–Crippen LogP) is 1.69. The monoisotopic (exact) mass is 403 g/mol. The number of methoxy groups -OCH3 is 1. The van der Waals surface area contributed by atoms with Gasteiger partial charge in [0.05, 0.1) is 12.9 Å². The van der Waals surface area contributed by atoms with Crippen LogP contribution < -0.4 is 4.74 Å². The van der Waals surface area contributed by atoms with E-state index in [-0.39, 0.29) is 23.5 Å².